The van der Waals surface area contributed by atoms with Gasteiger partial charge in [-0.3, -0.25) is 4.79 Å². The quantitative estimate of drug-likeness (QED) is 0.788. The Morgan fingerprint density at radius 2 is 1.83 bits per heavy atom. The van der Waals surface area contributed by atoms with Crippen molar-refractivity contribution in [2.24, 2.45) is 16.7 Å². The summed E-state index contributed by atoms with van der Waals surface area (Å²) < 4.78 is 0. The highest BCUT2D eigenvalue weighted by molar-refractivity contribution is 5.82. The molecule has 1 heterocycles. The molecule has 0 atom stereocenters. The van der Waals surface area contributed by atoms with E-state index < -0.39 is 0 Å². The van der Waals surface area contributed by atoms with E-state index in [1.165, 1.54) is 12.8 Å². The Labute approximate surface area is 111 Å². The van der Waals surface area contributed by atoms with E-state index in [2.05, 4.69) is 31.4 Å². The normalized spacial score (nSPS) is 24.9. The molecule has 0 aromatic heterocycles. The molecule has 18 heavy (non-hydrogen) atoms. The van der Waals surface area contributed by atoms with Crippen LogP contribution in [0, 0.1) is 16.7 Å². The van der Waals surface area contributed by atoms with Crippen molar-refractivity contribution in [3.05, 3.63) is 0 Å². The van der Waals surface area contributed by atoms with Crippen LogP contribution in [0.4, 0.5) is 0 Å². The lowest BCUT2D eigenvalue weighted by Crippen LogP contribution is -2.48. The molecular formula is C15H28N2O. The maximum absolute atomic E-state index is 12.5. The van der Waals surface area contributed by atoms with Crippen molar-refractivity contribution in [3.63, 3.8) is 0 Å². The molecule has 1 amide bonds. The molecule has 0 radical (unpaired) electrons. The van der Waals surface area contributed by atoms with Crippen LogP contribution in [0.5, 0.6) is 0 Å². The van der Waals surface area contributed by atoms with Gasteiger partial charge in [0.1, 0.15) is 0 Å². The van der Waals surface area contributed by atoms with Gasteiger partial charge in [-0.05, 0) is 56.5 Å². The third-order valence-electron chi connectivity index (χ3n) is 5.44. The van der Waals surface area contributed by atoms with Gasteiger partial charge in [0.15, 0.2) is 0 Å². The molecule has 0 aromatic rings. The average molecular weight is 252 g/mol. The fraction of sp³-hybridized carbons (Fsp3) is 0.933. The molecule has 2 rings (SSSR count). The highest BCUT2D eigenvalue weighted by Gasteiger charge is 2.46. The summed E-state index contributed by atoms with van der Waals surface area (Å²) in [4.78, 5) is 12.5. The fourth-order valence-electron chi connectivity index (χ4n) is 3.21. The van der Waals surface area contributed by atoms with Gasteiger partial charge in [-0.15, -0.1) is 0 Å². The van der Waals surface area contributed by atoms with E-state index in [1.807, 2.05) is 0 Å². The van der Waals surface area contributed by atoms with E-state index in [0.29, 0.717) is 17.2 Å². The molecule has 2 fully saturated rings. The summed E-state index contributed by atoms with van der Waals surface area (Å²) in [5, 5.41) is 6.61. The Bertz CT molecular complexity index is 302. The lowest BCUT2D eigenvalue weighted by Gasteiger charge is -2.36. The SMILES string of the molecule is CCC1(C(=O)NCC2(C(C)C)CC2)CCNCC1. The molecule has 1 saturated heterocycles. The van der Waals surface area contributed by atoms with E-state index in [9.17, 15) is 4.79 Å². The first-order valence-corrected chi connectivity index (χ1v) is 7.54. The highest BCUT2D eigenvalue weighted by Crippen LogP contribution is 2.51. The van der Waals surface area contributed by atoms with Crippen LogP contribution in [-0.2, 0) is 4.79 Å². The first kappa shape index (κ1) is 13.9. The summed E-state index contributed by atoms with van der Waals surface area (Å²) >= 11 is 0. The Morgan fingerprint density at radius 3 is 2.28 bits per heavy atom. The van der Waals surface area contributed by atoms with Crippen LogP contribution in [0.25, 0.3) is 0 Å². The number of rotatable bonds is 5. The molecule has 1 saturated carbocycles. The minimum Gasteiger partial charge on any atom is -0.355 e. The molecule has 1 aliphatic heterocycles. The van der Waals surface area contributed by atoms with Crippen molar-refractivity contribution in [1.82, 2.24) is 10.6 Å². The second-order valence-electron chi connectivity index (χ2n) is 6.58. The molecular weight excluding hydrogens is 224 g/mol. The predicted octanol–water partition coefficient (Wildman–Crippen LogP) is 2.32. The average Bonchev–Trinajstić information content (AvgIpc) is 3.18. The lowest BCUT2D eigenvalue weighted by molar-refractivity contribution is -0.133. The topological polar surface area (TPSA) is 41.1 Å². The summed E-state index contributed by atoms with van der Waals surface area (Å²) in [5.74, 6) is 0.988. The molecule has 1 aliphatic carbocycles. The van der Waals surface area contributed by atoms with Crippen molar-refractivity contribution in [2.75, 3.05) is 19.6 Å². The van der Waals surface area contributed by atoms with Crippen LogP contribution in [0.1, 0.15) is 52.9 Å². The second-order valence-corrected chi connectivity index (χ2v) is 6.58. The molecule has 0 unspecified atom stereocenters. The van der Waals surface area contributed by atoms with Gasteiger partial charge in [-0.2, -0.15) is 0 Å². The minimum absolute atomic E-state index is 0.0989. The number of carbonyl (C=O) groups is 1. The third kappa shape index (κ3) is 2.56. The number of piperidine rings is 1. The van der Waals surface area contributed by atoms with Crippen LogP contribution in [0.3, 0.4) is 0 Å². The van der Waals surface area contributed by atoms with Crippen LogP contribution in [0.2, 0.25) is 0 Å². The number of nitrogens with one attached hydrogen (secondary N) is 2. The number of carbonyl (C=O) groups excluding carboxylic acids is 1. The Morgan fingerprint density at radius 1 is 1.22 bits per heavy atom. The summed E-state index contributed by atoms with van der Waals surface area (Å²) in [5.41, 5.74) is 0.315. The van der Waals surface area contributed by atoms with Gasteiger partial charge in [0.05, 0.1) is 5.41 Å². The first-order valence-electron chi connectivity index (χ1n) is 7.54. The van der Waals surface area contributed by atoms with Gasteiger partial charge in [-0.1, -0.05) is 20.8 Å². The highest BCUT2D eigenvalue weighted by atomic mass is 16.2. The zero-order chi connectivity index (χ0) is 13.2. The molecule has 2 aliphatic rings. The van der Waals surface area contributed by atoms with E-state index in [-0.39, 0.29) is 5.41 Å². The standard InChI is InChI=1S/C15H28N2O/c1-4-14(7-9-16-10-8-14)13(18)17-11-15(5-6-15)12(2)3/h12,16H,4-11H2,1-3H3,(H,17,18). The Balaban J connectivity index is 1.90. The van der Waals surface area contributed by atoms with Gasteiger partial charge < -0.3 is 10.6 Å². The van der Waals surface area contributed by atoms with Crippen LogP contribution >= 0.6 is 0 Å². The molecule has 0 aromatic carbocycles. The van der Waals surface area contributed by atoms with E-state index >= 15 is 0 Å². The maximum atomic E-state index is 12.5. The minimum atomic E-state index is -0.0989. The van der Waals surface area contributed by atoms with E-state index in [4.69, 9.17) is 0 Å². The zero-order valence-corrected chi connectivity index (χ0v) is 12.1. The molecule has 104 valence electrons. The zero-order valence-electron chi connectivity index (χ0n) is 12.1. The van der Waals surface area contributed by atoms with Gasteiger partial charge in [0.25, 0.3) is 0 Å². The molecule has 0 spiro atoms. The van der Waals surface area contributed by atoms with Crippen molar-refractivity contribution >= 4 is 5.91 Å². The predicted molar refractivity (Wildman–Crippen MR) is 74.3 cm³/mol. The Kier molecular flexibility index (Phi) is 4.00. The summed E-state index contributed by atoms with van der Waals surface area (Å²) in [6.45, 7) is 9.56. The smallest absolute Gasteiger partial charge is 0.226 e. The van der Waals surface area contributed by atoms with E-state index in [0.717, 1.165) is 38.9 Å². The summed E-state index contributed by atoms with van der Waals surface area (Å²) in [7, 11) is 0. The summed E-state index contributed by atoms with van der Waals surface area (Å²) in [6.07, 6.45) is 5.51. The largest absolute Gasteiger partial charge is 0.355 e. The van der Waals surface area contributed by atoms with Gasteiger partial charge in [0.2, 0.25) is 5.91 Å². The van der Waals surface area contributed by atoms with Crippen LogP contribution in [-0.4, -0.2) is 25.5 Å². The number of hydrogen-bond acceptors (Lipinski definition) is 2. The van der Waals surface area contributed by atoms with Gasteiger partial charge >= 0.3 is 0 Å². The lowest BCUT2D eigenvalue weighted by atomic mass is 9.75. The second kappa shape index (κ2) is 5.20. The number of hydrogen-bond donors (Lipinski definition) is 2. The van der Waals surface area contributed by atoms with Crippen LogP contribution in [0.15, 0.2) is 0 Å². The molecule has 2 N–H and O–H groups in total. The van der Waals surface area contributed by atoms with Crippen molar-refractivity contribution < 1.29 is 4.79 Å². The number of amides is 1. The van der Waals surface area contributed by atoms with Gasteiger partial charge in [0, 0.05) is 6.54 Å². The first-order chi connectivity index (χ1) is 8.55. The van der Waals surface area contributed by atoms with Crippen molar-refractivity contribution in [2.45, 2.75) is 52.9 Å². The third-order valence-corrected chi connectivity index (χ3v) is 5.44. The van der Waals surface area contributed by atoms with Crippen molar-refractivity contribution in [3.8, 4) is 0 Å². The molecule has 0 bridgehead atoms. The monoisotopic (exact) mass is 252 g/mol. The molecule has 3 heteroatoms. The fourth-order valence-corrected chi connectivity index (χ4v) is 3.21. The maximum Gasteiger partial charge on any atom is 0.226 e. The van der Waals surface area contributed by atoms with Crippen LogP contribution < -0.4 is 10.6 Å². The van der Waals surface area contributed by atoms with E-state index in [1.54, 1.807) is 0 Å². The van der Waals surface area contributed by atoms with Crippen molar-refractivity contribution in [1.29, 1.82) is 0 Å². The Hall–Kier alpha value is -0.570. The summed E-state index contributed by atoms with van der Waals surface area (Å²) in [6, 6.07) is 0. The molecule has 3 nitrogen and oxygen atoms in total. The van der Waals surface area contributed by atoms with Gasteiger partial charge in [-0.25, -0.2) is 0 Å².